The number of ether oxygens (including phenoxy) is 2. The number of esters is 2. The highest BCUT2D eigenvalue weighted by molar-refractivity contribution is 7.87. The van der Waals surface area contributed by atoms with Crippen molar-refractivity contribution in [2.75, 3.05) is 14.2 Å². The van der Waals surface area contributed by atoms with Gasteiger partial charge in [0.25, 0.3) is 0 Å². The van der Waals surface area contributed by atoms with Gasteiger partial charge in [0, 0.05) is 0 Å². The Balaban J connectivity index is 2.50. The normalized spacial score (nSPS) is 10.9. The summed E-state index contributed by atoms with van der Waals surface area (Å²) in [5.41, 5.74) is 0.626. The average molecular weight is 399 g/mol. The SMILES string of the molecule is COC(=O)c1cc(OS(=O)(=O)c2ccc(C)cc2Cl)cc(C(=O)OC)c1. The van der Waals surface area contributed by atoms with Gasteiger partial charge in [-0.3, -0.25) is 0 Å². The molecule has 0 aromatic heterocycles. The molecule has 0 heterocycles. The molecule has 26 heavy (non-hydrogen) atoms. The highest BCUT2D eigenvalue weighted by atomic mass is 35.5. The summed E-state index contributed by atoms with van der Waals surface area (Å²) in [6, 6.07) is 7.82. The Hall–Kier alpha value is -2.58. The van der Waals surface area contributed by atoms with E-state index >= 15 is 0 Å². The fourth-order valence-electron chi connectivity index (χ4n) is 2.10. The Morgan fingerprint density at radius 2 is 1.46 bits per heavy atom. The molecule has 2 aromatic rings. The summed E-state index contributed by atoms with van der Waals surface area (Å²) < 4.78 is 39.2. The number of hydrogen-bond donors (Lipinski definition) is 0. The van der Waals surface area contributed by atoms with Crippen LogP contribution >= 0.6 is 11.6 Å². The number of aryl methyl sites for hydroxylation is 1. The molecule has 0 N–H and O–H groups in total. The zero-order chi connectivity index (χ0) is 19.5. The Kier molecular flexibility index (Phi) is 5.89. The van der Waals surface area contributed by atoms with E-state index in [1.54, 1.807) is 13.0 Å². The van der Waals surface area contributed by atoms with Gasteiger partial charge in [-0.15, -0.1) is 0 Å². The van der Waals surface area contributed by atoms with E-state index in [-0.39, 0.29) is 26.8 Å². The van der Waals surface area contributed by atoms with Crippen molar-refractivity contribution in [2.45, 2.75) is 11.8 Å². The van der Waals surface area contributed by atoms with Crippen LogP contribution in [0.2, 0.25) is 5.02 Å². The van der Waals surface area contributed by atoms with E-state index in [9.17, 15) is 18.0 Å². The first-order chi connectivity index (χ1) is 12.2. The lowest BCUT2D eigenvalue weighted by Gasteiger charge is -2.11. The van der Waals surface area contributed by atoms with Crippen molar-refractivity contribution in [1.82, 2.24) is 0 Å². The van der Waals surface area contributed by atoms with Crippen molar-refractivity contribution in [3.63, 3.8) is 0 Å². The molecule has 0 saturated heterocycles. The third kappa shape index (κ3) is 4.33. The maximum absolute atomic E-state index is 12.5. The molecule has 7 nitrogen and oxygen atoms in total. The second-order valence-electron chi connectivity index (χ2n) is 5.20. The van der Waals surface area contributed by atoms with E-state index in [1.807, 2.05) is 0 Å². The second-order valence-corrected chi connectivity index (χ2v) is 7.12. The first-order valence-corrected chi connectivity index (χ1v) is 8.99. The molecule has 0 aliphatic rings. The van der Waals surface area contributed by atoms with Crippen LogP contribution in [0.25, 0.3) is 0 Å². The van der Waals surface area contributed by atoms with E-state index in [2.05, 4.69) is 9.47 Å². The van der Waals surface area contributed by atoms with Crippen molar-refractivity contribution in [3.05, 3.63) is 58.1 Å². The lowest BCUT2D eigenvalue weighted by Crippen LogP contribution is -2.13. The summed E-state index contributed by atoms with van der Waals surface area (Å²) in [4.78, 5) is 23.3. The number of rotatable bonds is 5. The molecule has 0 aliphatic heterocycles. The molecule has 0 amide bonds. The van der Waals surface area contributed by atoms with Crippen molar-refractivity contribution in [2.24, 2.45) is 0 Å². The van der Waals surface area contributed by atoms with Crippen LogP contribution in [-0.2, 0) is 19.6 Å². The summed E-state index contributed by atoms with van der Waals surface area (Å²) in [7, 11) is -2.00. The van der Waals surface area contributed by atoms with Crippen LogP contribution in [0.4, 0.5) is 0 Å². The zero-order valence-electron chi connectivity index (χ0n) is 14.1. The Morgan fingerprint density at radius 3 is 1.92 bits per heavy atom. The van der Waals surface area contributed by atoms with Gasteiger partial charge in [0.2, 0.25) is 0 Å². The molecule has 0 fully saturated rings. The minimum absolute atomic E-state index is 0.0117. The maximum Gasteiger partial charge on any atom is 0.340 e. The van der Waals surface area contributed by atoms with Crippen molar-refractivity contribution in [1.29, 1.82) is 0 Å². The smallest absolute Gasteiger partial charge is 0.340 e. The summed E-state index contributed by atoms with van der Waals surface area (Å²) in [5, 5.41) is -0.0117. The van der Waals surface area contributed by atoms with Crippen molar-refractivity contribution >= 4 is 33.7 Å². The molecule has 2 rings (SSSR count). The van der Waals surface area contributed by atoms with Gasteiger partial charge in [-0.1, -0.05) is 17.7 Å². The van der Waals surface area contributed by atoms with Gasteiger partial charge in [-0.05, 0) is 42.8 Å². The van der Waals surface area contributed by atoms with E-state index < -0.39 is 22.1 Å². The molecule has 0 saturated carbocycles. The van der Waals surface area contributed by atoms with E-state index in [1.165, 1.54) is 18.2 Å². The van der Waals surface area contributed by atoms with E-state index in [0.717, 1.165) is 31.9 Å². The number of halogens is 1. The third-order valence-corrected chi connectivity index (χ3v) is 5.04. The summed E-state index contributed by atoms with van der Waals surface area (Å²) >= 11 is 5.98. The summed E-state index contributed by atoms with van der Waals surface area (Å²) in [6.07, 6.45) is 0. The second kappa shape index (κ2) is 7.76. The molecule has 138 valence electrons. The minimum Gasteiger partial charge on any atom is -0.465 e. The van der Waals surface area contributed by atoms with Crippen LogP contribution in [0.3, 0.4) is 0 Å². The Labute approximate surface area is 155 Å². The quantitative estimate of drug-likeness (QED) is 0.564. The summed E-state index contributed by atoms with van der Waals surface area (Å²) in [5.74, 6) is -1.80. The van der Waals surface area contributed by atoms with Crippen LogP contribution in [0.5, 0.6) is 5.75 Å². The van der Waals surface area contributed by atoms with Gasteiger partial charge in [-0.2, -0.15) is 8.42 Å². The van der Waals surface area contributed by atoms with Gasteiger partial charge in [-0.25, -0.2) is 9.59 Å². The lowest BCUT2D eigenvalue weighted by atomic mass is 10.1. The number of carbonyl (C=O) groups is 2. The predicted molar refractivity (Wildman–Crippen MR) is 93.1 cm³/mol. The van der Waals surface area contributed by atoms with Gasteiger partial charge in [0.15, 0.2) is 0 Å². The molecular weight excluding hydrogens is 384 g/mol. The minimum atomic E-state index is -4.30. The van der Waals surface area contributed by atoms with Gasteiger partial charge >= 0.3 is 22.1 Å². The molecule has 0 atom stereocenters. The van der Waals surface area contributed by atoms with Crippen molar-refractivity contribution < 1.29 is 31.7 Å². The zero-order valence-corrected chi connectivity index (χ0v) is 15.7. The van der Waals surface area contributed by atoms with Gasteiger partial charge in [0.1, 0.15) is 10.6 Å². The van der Waals surface area contributed by atoms with Crippen LogP contribution in [0.15, 0.2) is 41.3 Å². The maximum atomic E-state index is 12.5. The molecule has 9 heteroatoms. The number of carbonyl (C=O) groups excluding carboxylic acids is 2. The number of benzene rings is 2. The standard InChI is InChI=1S/C17H15ClO7S/c1-10-4-5-15(14(18)6-10)26(21,22)25-13-8-11(16(19)23-2)7-12(9-13)17(20)24-3/h4-9H,1-3H3. The molecule has 0 spiro atoms. The summed E-state index contributed by atoms with van der Waals surface area (Å²) in [6.45, 7) is 1.76. The fraction of sp³-hybridized carbons (Fsp3) is 0.176. The molecule has 0 radical (unpaired) electrons. The fourth-order valence-corrected chi connectivity index (χ4v) is 3.59. The Morgan fingerprint density at radius 1 is 0.923 bits per heavy atom. The topological polar surface area (TPSA) is 96.0 Å². The molecule has 0 bridgehead atoms. The largest absolute Gasteiger partial charge is 0.465 e. The van der Waals surface area contributed by atoms with Crippen LogP contribution in [-0.4, -0.2) is 34.6 Å². The number of hydrogen-bond acceptors (Lipinski definition) is 7. The first-order valence-electron chi connectivity index (χ1n) is 7.20. The van der Waals surface area contributed by atoms with E-state index in [0.29, 0.717) is 0 Å². The van der Waals surface area contributed by atoms with Crippen LogP contribution in [0, 0.1) is 6.92 Å². The van der Waals surface area contributed by atoms with Gasteiger partial charge < -0.3 is 13.7 Å². The highest BCUT2D eigenvalue weighted by Crippen LogP contribution is 2.27. The highest BCUT2D eigenvalue weighted by Gasteiger charge is 2.22. The molecule has 0 aliphatic carbocycles. The average Bonchev–Trinajstić information content (AvgIpc) is 2.59. The molecule has 2 aromatic carbocycles. The van der Waals surface area contributed by atoms with Crippen molar-refractivity contribution in [3.8, 4) is 5.75 Å². The predicted octanol–water partition coefficient (Wildman–Crippen LogP) is 2.99. The third-order valence-electron chi connectivity index (χ3n) is 3.31. The Bertz CT molecular complexity index is 933. The van der Waals surface area contributed by atoms with Crippen LogP contribution < -0.4 is 4.18 Å². The molecule has 0 unspecified atom stereocenters. The van der Waals surface area contributed by atoms with Crippen LogP contribution in [0.1, 0.15) is 26.3 Å². The van der Waals surface area contributed by atoms with Gasteiger partial charge in [0.05, 0.1) is 30.4 Å². The monoisotopic (exact) mass is 398 g/mol. The number of methoxy groups -OCH3 is 2. The lowest BCUT2D eigenvalue weighted by molar-refractivity contribution is 0.0598. The molecular formula is C17H15ClO7S. The first kappa shape index (κ1) is 19.7. The van der Waals surface area contributed by atoms with E-state index in [4.69, 9.17) is 15.8 Å².